The van der Waals surface area contributed by atoms with Crippen molar-refractivity contribution in [2.24, 2.45) is 13.0 Å². The van der Waals surface area contributed by atoms with Crippen LogP contribution in [-0.2, 0) is 24.6 Å². The molecule has 1 heterocycles. The number of hydrogen-bond donors (Lipinski definition) is 1. The standard InChI is InChI=1S/C20H18F3N3O/c1-26-17-5-3-2-4-16(17)25-18(26)11-24-19(27)15-10-14(15)12-6-8-13(9-7-12)20(21,22)23/h2-9,14-15H,10-11H2,1H3,(H,24,27). The summed E-state index contributed by atoms with van der Waals surface area (Å²) in [6.45, 7) is 0.320. The molecular weight excluding hydrogens is 355 g/mol. The molecule has 2 unspecified atom stereocenters. The minimum absolute atomic E-state index is 0.0206. The molecule has 1 saturated carbocycles. The van der Waals surface area contributed by atoms with Crippen LogP contribution in [0.1, 0.15) is 29.3 Å². The van der Waals surface area contributed by atoms with E-state index in [4.69, 9.17) is 0 Å². The molecule has 1 N–H and O–H groups in total. The molecule has 1 amide bonds. The van der Waals surface area contributed by atoms with Gasteiger partial charge in [0.2, 0.25) is 5.91 Å². The molecule has 2 atom stereocenters. The van der Waals surface area contributed by atoms with Crippen molar-refractivity contribution in [2.45, 2.75) is 25.1 Å². The highest BCUT2D eigenvalue weighted by Crippen LogP contribution is 2.48. The lowest BCUT2D eigenvalue weighted by Crippen LogP contribution is -2.26. The summed E-state index contributed by atoms with van der Waals surface area (Å²) in [4.78, 5) is 16.9. The first-order valence-electron chi connectivity index (χ1n) is 8.70. The van der Waals surface area contributed by atoms with Crippen LogP contribution in [0.2, 0.25) is 0 Å². The van der Waals surface area contributed by atoms with Crippen molar-refractivity contribution >= 4 is 16.9 Å². The lowest BCUT2D eigenvalue weighted by Gasteiger charge is -2.08. The van der Waals surface area contributed by atoms with Crippen molar-refractivity contribution in [2.75, 3.05) is 0 Å². The Balaban J connectivity index is 1.38. The summed E-state index contributed by atoms with van der Waals surface area (Å²) in [6.07, 6.45) is -3.69. The smallest absolute Gasteiger partial charge is 0.349 e. The zero-order chi connectivity index (χ0) is 19.2. The Kier molecular flexibility index (Phi) is 4.17. The number of benzene rings is 2. The summed E-state index contributed by atoms with van der Waals surface area (Å²) < 4.78 is 39.9. The van der Waals surface area contributed by atoms with E-state index in [0.717, 1.165) is 34.6 Å². The number of para-hydroxylation sites is 2. The van der Waals surface area contributed by atoms with E-state index in [0.29, 0.717) is 13.0 Å². The Morgan fingerprint density at radius 2 is 1.89 bits per heavy atom. The number of aromatic nitrogens is 2. The highest BCUT2D eigenvalue weighted by atomic mass is 19.4. The van der Waals surface area contributed by atoms with Crippen molar-refractivity contribution in [3.05, 3.63) is 65.5 Å². The van der Waals surface area contributed by atoms with Crippen molar-refractivity contribution in [3.63, 3.8) is 0 Å². The molecule has 1 aliphatic rings. The number of hydrogen-bond acceptors (Lipinski definition) is 2. The number of nitrogens with one attached hydrogen (secondary N) is 1. The predicted molar refractivity (Wildman–Crippen MR) is 94.9 cm³/mol. The largest absolute Gasteiger partial charge is 0.416 e. The molecule has 1 aromatic heterocycles. The minimum atomic E-state index is -4.34. The van der Waals surface area contributed by atoms with Gasteiger partial charge in [0.15, 0.2) is 0 Å². The quantitative estimate of drug-likeness (QED) is 0.751. The summed E-state index contributed by atoms with van der Waals surface area (Å²) >= 11 is 0. The van der Waals surface area contributed by atoms with E-state index in [1.807, 2.05) is 35.9 Å². The van der Waals surface area contributed by atoms with E-state index in [-0.39, 0.29) is 17.7 Å². The second-order valence-corrected chi connectivity index (χ2v) is 6.86. The van der Waals surface area contributed by atoms with Crippen LogP contribution in [0.3, 0.4) is 0 Å². The number of nitrogens with zero attached hydrogens (tertiary/aromatic N) is 2. The summed E-state index contributed by atoms with van der Waals surface area (Å²) in [5.41, 5.74) is 1.97. The van der Waals surface area contributed by atoms with Gasteiger partial charge in [-0.2, -0.15) is 13.2 Å². The second kappa shape index (κ2) is 6.40. The van der Waals surface area contributed by atoms with Gasteiger partial charge in [-0.3, -0.25) is 4.79 Å². The summed E-state index contributed by atoms with van der Waals surface area (Å²) in [7, 11) is 1.90. The van der Waals surface area contributed by atoms with Gasteiger partial charge in [-0.15, -0.1) is 0 Å². The first-order valence-corrected chi connectivity index (χ1v) is 8.70. The molecule has 0 spiro atoms. The Morgan fingerprint density at radius 3 is 2.56 bits per heavy atom. The van der Waals surface area contributed by atoms with E-state index in [2.05, 4.69) is 10.3 Å². The second-order valence-electron chi connectivity index (χ2n) is 6.86. The number of fused-ring (bicyclic) bond motifs is 1. The van der Waals surface area contributed by atoms with Gasteiger partial charge in [0.1, 0.15) is 5.82 Å². The molecule has 4 nitrogen and oxygen atoms in total. The van der Waals surface area contributed by atoms with Crippen molar-refractivity contribution in [1.29, 1.82) is 0 Å². The number of halogens is 3. The van der Waals surface area contributed by atoms with Gasteiger partial charge >= 0.3 is 6.18 Å². The maximum absolute atomic E-state index is 12.6. The third kappa shape index (κ3) is 3.41. The van der Waals surface area contributed by atoms with Gasteiger partial charge in [-0.05, 0) is 42.2 Å². The topological polar surface area (TPSA) is 46.9 Å². The molecule has 3 aromatic rings. The molecule has 1 fully saturated rings. The molecule has 1 aliphatic carbocycles. The number of aryl methyl sites for hydroxylation is 1. The first-order chi connectivity index (χ1) is 12.8. The van der Waals surface area contributed by atoms with Gasteiger partial charge in [-0.25, -0.2) is 4.98 Å². The molecule has 27 heavy (non-hydrogen) atoms. The van der Waals surface area contributed by atoms with Gasteiger partial charge in [-0.1, -0.05) is 24.3 Å². The number of carbonyl (C=O) groups excluding carboxylic acids is 1. The molecule has 0 radical (unpaired) electrons. The highest BCUT2D eigenvalue weighted by molar-refractivity contribution is 5.83. The predicted octanol–water partition coefficient (Wildman–Crippen LogP) is 4.01. The summed E-state index contributed by atoms with van der Waals surface area (Å²) in [5, 5.41) is 2.90. The number of alkyl halides is 3. The normalized spacial score (nSPS) is 19.3. The van der Waals surface area contributed by atoms with Gasteiger partial charge in [0.05, 0.1) is 23.1 Å². The zero-order valence-corrected chi connectivity index (χ0v) is 14.6. The third-order valence-corrected chi connectivity index (χ3v) is 5.09. The van der Waals surface area contributed by atoms with E-state index < -0.39 is 11.7 Å². The van der Waals surface area contributed by atoms with E-state index in [9.17, 15) is 18.0 Å². The Morgan fingerprint density at radius 1 is 1.19 bits per heavy atom. The number of rotatable bonds is 4. The maximum Gasteiger partial charge on any atom is 0.416 e. The number of imidazole rings is 1. The zero-order valence-electron chi connectivity index (χ0n) is 14.6. The van der Waals surface area contributed by atoms with Gasteiger partial charge in [0, 0.05) is 13.0 Å². The van der Waals surface area contributed by atoms with Crippen LogP contribution in [0.4, 0.5) is 13.2 Å². The van der Waals surface area contributed by atoms with Gasteiger partial charge < -0.3 is 9.88 Å². The summed E-state index contributed by atoms with van der Waals surface area (Å²) in [5.74, 6) is 0.451. The monoisotopic (exact) mass is 373 g/mol. The molecule has 4 rings (SSSR count). The Labute approximate surface area is 154 Å². The van der Waals surface area contributed by atoms with Crippen LogP contribution in [0, 0.1) is 5.92 Å². The Hall–Kier alpha value is -2.83. The molecule has 2 aromatic carbocycles. The fraction of sp³-hybridized carbons (Fsp3) is 0.300. The maximum atomic E-state index is 12.6. The average Bonchev–Trinajstić information content (AvgIpc) is 3.39. The van der Waals surface area contributed by atoms with Crippen molar-refractivity contribution < 1.29 is 18.0 Å². The Bertz CT molecular complexity index is 992. The third-order valence-electron chi connectivity index (χ3n) is 5.09. The van der Waals surface area contributed by atoms with Crippen molar-refractivity contribution in [3.8, 4) is 0 Å². The highest BCUT2D eigenvalue weighted by Gasteiger charge is 2.44. The van der Waals surface area contributed by atoms with Crippen molar-refractivity contribution in [1.82, 2.24) is 14.9 Å². The lowest BCUT2D eigenvalue weighted by molar-refractivity contribution is -0.137. The molecule has 0 aliphatic heterocycles. The fourth-order valence-corrected chi connectivity index (χ4v) is 3.42. The van der Waals surface area contributed by atoms with Crippen LogP contribution in [0.5, 0.6) is 0 Å². The SMILES string of the molecule is Cn1c(CNC(=O)C2CC2c2ccc(C(F)(F)F)cc2)nc2ccccc21. The van der Waals surface area contributed by atoms with Crippen LogP contribution < -0.4 is 5.32 Å². The van der Waals surface area contributed by atoms with E-state index in [1.54, 1.807) is 0 Å². The molecule has 0 bridgehead atoms. The molecule has 140 valence electrons. The van der Waals surface area contributed by atoms with Crippen LogP contribution in [-0.4, -0.2) is 15.5 Å². The first kappa shape index (κ1) is 17.6. The van der Waals surface area contributed by atoms with Gasteiger partial charge in [0.25, 0.3) is 0 Å². The van der Waals surface area contributed by atoms with E-state index >= 15 is 0 Å². The molecule has 7 heteroatoms. The lowest BCUT2D eigenvalue weighted by atomic mass is 10.1. The summed E-state index contributed by atoms with van der Waals surface area (Å²) in [6, 6.07) is 12.8. The molecule has 0 saturated heterocycles. The minimum Gasteiger partial charge on any atom is -0.349 e. The van der Waals surface area contributed by atoms with Crippen LogP contribution >= 0.6 is 0 Å². The number of carbonyl (C=O) groups is 1. The molecular formula is C20H18F3N3O. The fourth-order valence-electron chi connectivity index (χ4n) is 3.42. The van der Waals surface area contributed by atoms with Crippen LogP contribution in [0.25, 0.3) is 11.0 Å². The van der Waals surface area contributed by atoms with E-state index in [1.165, 1.54) is 12.1 Å². The van der Waals surface area contributed by atoms with Crippen LogP contribution in [0.15, 0.2) is 48.5 Å². The average molecular weight is 373 g/mol. The number of amides is 1.